The first-order chi connectivity index (χ1) is 5.20. The van der Waals surface area contributed by atoms with Crippen LogP contribution in [0.4, 0.5) is 0 Å². The second-order valence-corrected chi connectivity index (χ2v) is 3.27. The van der Waals surface area contributed by atoms with Crippen LogP contribution in [0.2, 0.25) is 0 Å². The van der Waals surface area contributed by atoms with Crippen LogP contribution in [0, 0.1) is 0 Å². The maximum absolute atomic E-state index is 11.2. The van der Waals surface area contributed by atoms with Crippen LogP contribution in [0.15, 0.2) is 0 Å². The van der Waals surface area contributed by atoms with E-state index in [9.17, 15) is 4.79 Å². The average Bonchev–Trinajstić information content (AvgIpc) is 1.93. The highest BCUT2D eigenvalue weighted by Crippen LogP contribution is 2.09. The Morgan fingerprint density at radius 3 is 2.91 bits per heavy atom. The Bertz CT molecular complexity index is 145. The van der Waals surface area contributed by atoms with Gasteiger partial charge in [0.1, 0.15) is 0 Å². The van der Waals surface area contributed by atoms with Gasteiger partial charge in [-0.25, -0.2) is 0 Å². The van der Waals surface area contributed by atoms with Gasteiger partial charge in [0.15, 0.2) is 0 Å². The van der Waals surface area contributed by atoms with Crippen molar-refractivity contribution in [2.75, 3.05) is 13.1 Å². The molecule has 1 unspecified atom stereocenters. The van der Waals surface area contributed by atoms with Crippen LogP contribution in [0.5, 0.6) is 0 Å². The molecular formula is C8H16N2O. The Balaban J connectivity index is 2.36. The lowest BCUT2D eigenvalue weighted by molar-refractivity contribution is -0.133. The van der Waals surface area contributed by atoms with Gasteiger partial charge in [0.25, 0.3) is 0 Å². The van der Waals surface area contributed by atoms with Gasteiger partial charge in [-0.05, 0) is 19.8 Å². The molecule has 0 aromatic carbocycles. The summed E-state index contributed by atoms with van der Waals surface area (Å²) in [6, 6.07) is 0.108. The molecule has 2 N–H and O–H groups in total. The van der Waals surface area contributed by atoms with Gasteiger partial charge in [0.05, 0.1) is 0 Å². The van der Waals surface area contributed by atoms with Gasteiger partial charge >= 0.3 is 0 Å². The maximum Gasteiger partial charge on any atom is 0.222 e. The van der Waals surface area contributed by atoms with Crippen LogP contribution in [0.3, 0.4) is 0 Å². The molecule has 1 fully saturated rings. The Kier molecular flexibility index (Phi) is 2.88. The van der Waals surface area contributed by atoms with Gasteiger partial charge < -0.3 is 10.6 Å². The van der Waals surface area contributed by atoms with Crippen LogP contribution >= 0.6 is 0 Å². The molecule has 0 radical (unpaired) electrons. The number of rotatable bonds is 2. The summed E-state index contributed by atoms with van der Waals surface area (Å²) in [5.41, 5.74) is 5.59. The van der Waals surface area contributed by atoms with Gasteiger partial charge in [-0.1, -0.05) is 0 Å². The topological polar surface area (TPSA) is 46.3 Å². The lowest BCUT2D eigenvalue weighted by Gasteiger charge is -2.27. The van der Waals surface area contributed by atoms with E-state index in [1.807, 2.05) is 11.8 Å². The van der Waals surface area contributed by atoms with Crippen molar-refractivity contribution < 1.29 is 4.79 Å². The van der Waals surface area contributed by atoms with Crippen molar-refractivity contribution in [3.63, 3.8) is 0 Å². The van der Waals surface area contributed by atoms with Crippen LogP contribution in [-0.4, -0.2) is 29.9 Å². The smallest absolute Gasteiger partial charge is 0.222 e. The summed E-state index contributed by atoms with van der Waals surface area (Å²) in [6.45, 7) is 3.56. The van der Waals surface area contributed by atoms with Crippen LogP contribution in [-0.2, 0) is 4.79 Å². The van der Waals surface area contributed by atoms with Crippen molar-refractivity contribution in [3.05, 3.63) is 0 Å². The van der Waals surface area contributed by atoms with Gasteiger partial charge in [-0.2, -0.15) is 0 Å². The molecule has 1 atom stereocenters. The van der Waals surface area contributed by atoms with E-state index in [2.05, 4.69) is 0 Å². The third kappa shape index (κ3) is 2.50. The number of hydrogen-bond donors (Lipinski definition) is 1. The molecule has 3 heteroatoms. The predicted octanol–water partition coefficient (Wildman–Crippen LogP) is 0.346. The molecule has 0 aromatic heterocycles. The lowest BCUT2D eigenvalue weighted by Crippen LogP contribution is -2.42. The van der Waals surface area contributed by atoms with Crippen LogP contribution in [0.25, 0.3) is 0 Å². The number of nitrogens with two attached hydrogens (primary N) is 1. The van der Waals surface area contributed by atoms with E-state index in [-0.39, 0.29) is 11.9 Å². The Morgan fingerprint density at radius 2 is 2.36 bits per heavy atom. The number of nitrogens with zero attached hydrogens (tertiary/aromatic N) is 1. The van der Waals surface area contributed by atoms with E-state index in [0.29, 0.717) is 6.42 Å². The van der Waals surface area contributed by atoms with E-state index in [1.54, 1.807) is 0 Å². The molecule has 1 heterocycles. The van der Waals surface area contributed by atoms with Gasteiger partial charge in [-0.3, -0.25) is 4.79 Å². The molecule has 11 heavy (non-hydrogen) atoms. The number of carbonyl (C=O) groups is 1. The van der Waals surface area contributed by atoms with E-state index in [4.69, 9.17) is 5.73 Å². The zero-order valence-corrected chi connectivity index (χ0v) is 7.05. The van der Waals surface area contributed by atoms with Crippen molar-refractivity contribution in [2.24, 2.45) is 5.73 Å². The largest absolute Gasteiger partial charge is 0.341 e. The summed E-state index contributed by atoms with van der Waals surface area (Å²) < 4.78 is 0. The molecule has 3 nitrogen and oxygen atoms in total. The molecule has 0 aromatic rings. The Morgan fingerprint density at radius 1 is 1.64 bits per heavy atom. The van der Waals surface area contributed by atoms with E-state index in [1.165, 1.54) is 0 Å². The minimum atomic E-state index is 0.108. The fourth-order valence-electron chi connectivity index (χ4n) is 1.40. The summed E-state index contributed by atoms with van der Waals surface area (Å²) in [6.07, 6.45) is 2.90. The predicted molar refractivity (Wildman–Crippen MR) is 44.1 cm³/mol. The van der Waals surface area contributed by atoms with Gasteiger partial charge in [0, 0.05) is 25.6 Å². The number of hydrogen-bond acceptors (Lipinski definition) is 2. The highest BCUT2D eigenvalue weighted by atomic mass is 16.2. The summed E-state index contributed by atoms with van der Waals surface area (Å²) in [4.78, 5) is 13.1. The molecule has 1 saturated heterocycles. The second kappa shape index (κ2) is 3.72. The molecule has 0 bridgehead atoms. The minimum absolute atomic E-state index is 0.108. The molecule has 1 aliphatic heterocycles. The third-order valence-corrected chi connectivity index (χ3v) is 1.93. The van der Waals surface area contributed by atoms with Crippen LogP contribution in [0.1, 0.15) is 26.2 Å². The standard InChI is InChI=1S/C8H16N2O/c1-7(9)6-10-5-3-2-4-8(10)11/h7H,2-6,9H2,1H3. The summed E-state index contributed by atoms with van der Waals surface area (Å²) in [5, 5.41) is 0. The van der Waals surface area contributed by atoms with Crippen molar-refractivity contribution in [3.8, 4) is 0 Å². The zero-order valence-electron chi connectivity index (χ0n) is 7.05. The quantitative estimate of drug-likeness (QED) is 0.627. The number of likely N-dealkylation sites (tertiary alicyclic amines) is 1. The number of carbonyl (C=O) groups excluding carboxylic acids is 1. The van der Waals surface area contributed by atoms with Crippen LogP contribution < -0.4 is 5.73 Å². The molecule has 0 aliphatic carbocycles. The summed E-state index contributed by atoms with van der Waals surface area (Å²) in [7, 11) is 0. The zero-order chi connectivity index (χ0) is 8.27. The highest BCUT2D eigenvalue weighted by Gasteiger charge is 2.18. The molecule has 1 rings (SSSR count). The molecule has 0 spiro atoms. The first-order valence-corrected chi connectivity index (χ1v) is 4.23. The van der Waals surface area contributed by atoms with Crippen molar-refractivity contribution in [1.29, 1.82) is 0 Å². The highest BCUT2D eigenvalue weighted by molar-refractivity contribution is 5.76. The molecular weight excluding hydrogens is 140 g/mol. The number of piperidine rings is 1. The average molecular weight is 156 g/mol. The van der Waals surface area contributed by atoms with Gasteiger partial charge in [-0.15, -0.1) is 0 Å². The third-order valence-electron chi connectivity index (χ3n) is 1.93. The second-order valence-electron chi connectivity index (χ2n) is 3.27. The fraction of sp³-hybridized carbons (Fsp3) is 0.875. The van der Waals surface area contributed by atoms with E-state index < -0.39 is 0 Å². The number of amides is 1. The molecule has 64 valence electrons. The fourth-order valence-corrected chi connectivity index (χ4v) is 1.40. The first-order valence-electron chi connectivity index (χ1n) is 4.23. The normalized spacial score (nSPS) is 22.0. The summed E-state index contributed by atoms with van der Waals surface area (Å²) >= 11 is 0. The van der Waals surface area contributed by atoms with E-state index >= 15 is 0 Å². The molecule has 1 amide bonds. The Labute approximate surface area is 67.5 Å². The SMILES string of the molecule is CC(N)CN1CCCCC1=O. The van der Waals surface area contributed by atoms with Crippen molar-refractivity contribution in [2.45, 2.75) is 32.2 Å². The molecule has 0 saturated carbocycles. The van der Waals surface area contributed by atoms with E-state index in [0.717, 1.165) is 25.9 Å². The Hall–Kier alpha value is -0.570. The minimum Gasteiger partial charge on any atom is -0.341 e. The molecule has 1 aliphatic rings. The van der Waals surface area contributed by atoms with Crippen molar-refractivity contribution >= 4 is 5.91 Å². The van der Waals surface area contributed by atoms with Gasteiger partial charge in [0.2, 0.25) is 5.91 Å². The lowest BCUT2D eigenvalue weighted by atomic mass is 10.1. The monoisotopic (exact) mass is 156 g/mol. The maximum atomic E-state index is 11.2. The summed E-state index contributed by atoms with van der Waals surface area (Å²) in [5.74, 6) is 0.272. The van der Waals surface area contributed by atoms with Crippen molar-refractivity contribution in [1.82, 2.24) is 4.90 Å². The first kappa shape index (κ1) is 8.53.